The second kappa shape index (κ2) is 5.33. The smallest absolute Gasteiger partial charge is 0.118 e. The van der Waals surface area contributed by atoms with E-state index in [1.165, 1.54) is 0 Å². The van der Waals surface area contributed by atoms with Gasteiger partial charge in [-0.25, -0.2) is 0 Å². The van der Waals surface area contributed by atoms with Crippen LogP contribution in [-0.4, -0.2) is 29.7 Å². The Morgan fingerprint density at radius 2 is 2.07 bits per heavy atom. The van der Waals surface area contributed by atoms with Gasteiger partial charge in [0, 0.05) is 6.04 Å². The summed E-state index contributed by atoms with van der Waals surface area (Å²) in [5.74, 6) is 2.33. The summed E-state index contributed by atoms with van der Waals surface area (Å²) in [7, 11) is 2.01. The van der Waals surface area contributed by atoms with Gasteiger partial charge in [-0.2, -0.15) is 0 Å². The first-order chi connectivity index (χ1) is 7.04. The fourth-order valence-corrected chi connectivity index (χ4v) is 1.79. The van der Waals surface area contributed by atoms with Gasteiger partial charge in [0.2, 0.25) is 0 Å². The molecule has 0 fully saturated rings. The van der Waals surface area contributed by atoms with Crippen molar-refractivity contribution in [2.45, 2.75) is 33.4 Å². The topological polar surface area (TPSA) is 36.6 Å². The molecule has 0 amide bonds. The molecule has 1 atom stereocenters. The Balaban J connectivity index is 2.57. The van der Waals surface area contributed by atoms with Crippen LogP contribution in [0.15, 0.2) is 16.5 Å². The molecule has 1 heterocycles. The van der Waals surface area contributed by atoms with Crippen molar-refractivity contribution >= 4 is 0 Å². The van der Waals surface area contributed by atoms with Crippen molar-refractivity contribution in [2.24, 2.45) is 5.92 Å². The number of aliphatic hydroxyl groups is 1. The van der Waals surface area contributed by atoms with Gasteiger partial charge in [0.25, 0.3) is 0 Å². The molecule has 0 spiro atoms. The second-order valence-corrected chi connectivity index (χ2v) is 4.42. The summed E-state index contributed by atoms with van der Waals surface area (Å²) in [5.41, 5.74) is 0. The van der Waals surface area contributed by atoms with Gasteiger partial charge in [0.1, 0.15) is 11.5 Å². The Hall–Kier alpha value is -0.800. The minimum absolute atomic E-state index is 0.188. The zero-order valence-corrected chi connectivity index (χ0v) is 10.0. The van der Waals surface area contributed by atoms with E-state index < -0.39 is 0 Å². The first-order valence-electron chi connectivity index (χ1n) is 5.41. The summed E-state index contributed by atoms with van der Waals surface area (Å²) in [6, 6.07) is 4.14. The second-order valence-electron chi connectivity index (χ2n) is 4.42. The SMILES string of the molecule is Cc1ccc(CN(C)C(CO)C(C)C)o1. The summed E-state index contributed by atoms with van der Waals surface area (Å²) in [5, 5.41) is 9.28. The molecule has 0 aliphatic carbocycles. The lowest BCUT2D eigenvalue weighted by Crippen LogP contribution is -2.38. The molecule has 86 valence electrons. The Kier molecular flexibility index (Phi) is 4.36. The molecule has 0 aliphatic heterocycles. The third-order valence-corrected chi connectivity index (χ3v) is 2.72. The number of nitrogens with zero attached hydrogens (tertiary/aromatic N) is 1. The van der Waals surface area contributed by atoms with Crippen LogP contribution in [0.2, 0.25) is 0 Å². The van der Waals surface area contributed by atoms with Crippen molar-refractivity contribution in [3.8, 4) is 0 Å². The van der Waals surface area contributed by atoms with Crippen LogP contribution in [-0.2, 0) is 6.54 Å². The molecule has 1 aromatic rings. The van der Waals surface area contributed by atoms with E-state index in [2.05, 4.69) is 18.7 Å². The summed E-state index contributed by atoms with van der Waals surface area (Å²) >= 11 is 0. The molecule has 3 heteroatoms. The summed E-state index contributed by atoms with van der Waals surface area (Å²) in [6.45, 7) is 7.11. The fraction of sp³-hybridized carbons (Fsp3) is 0.667. The quantitative estimate of drug-likeness (QED) is 0.809. The number of aliphatic hydroxyl groups excluding tert-OH is 1. The van der Waals surface area contributed by atoms with Crippen LogP contribution >= 0.6 is 0 Å². The number of likely N-dealkylation sites (N-methyl/N-ethyl adjacent to an activating group) is 1. The zero-order valence-electron chi connectivity index (χ0n) is 10.0. The Bertz CT molecular complexity index is 294. The van der Waals surface area contributed by atoms with Gasteiger partial charge in [-0.1, -0.05) is 13.8 Å². The molecule has 0 bridgehead atoms. The number of hydrogen-bond donors (Lipinski definition) is 1. The average molecular weight is 211 g/mol. The molecule has 0 saturated carbocycles. The van der Waals surface area contributed by atoms with Crippen LogP contribution in [0, 0.1) is 12.8 Å². The van der Waals surface area contributed by atoms with Crippen molar-refractivity contribution in [2.75, 3.05) is 13.7 Å². The first-order valence-corrected chi connectivity index (χ1v) is 5.41. The van der Waals surface area contributed by atoms with Crippen molar-refractivity contribution in [3.05, 3.63) is 23.7 Å². The molecule has 0 radical (unpaired) electrons. The lowest BCUT2D eigenvalue weighted by atomic mass is 10.0. The third-order valence-electron chi connectivity index (χ3n) is 2.72. The predicted octanol–water partition coefficient (Wildman–Crippen LogP) is 2.04. The minimum atomic E-state index is 0.188. The van der Waals surface area contributed by atoms with E-state index >= 15 is 0 Å². The van der Waals surface area contributed by atoms with E-state index in [1.54, 1.807) is 0 Å². The number of furan rings is 1. The van der Waals surface area contributed by atoms with Crippen LogP contribution < -0.4 is 0 Å². The summed E-state index contributed by atoms with van der Waals surface area (Å²) < 4.78 is 5.51. The van der Waals surface area contributed by atoms with Gasteiger partial charge in [0.05, 0.1) is 13.2 Å². The van der Waals surface area contributed by atoms with E-state index in [0.29, 0.717) is 5.92 Å². The van der Waals surface area contributed by atoms with Crippen LogP contribution in [0.25, 0.3) is 0 Å². The highest BCUT2D eigenvalue weighted by Crippen LogP contribution is 2.14. The van der Waals surface area contributed by atoms with Crippen LogP contribution in [0.4, 0.5) is 0 Å². The van der Waals surface area contributed by atoms with Crippen molar-refractivity contribution in [1.82, 2.24) is 4.90 Å². The molecule has 15 heavy (non-hydrogen) atoms. The highest BCUT2D eigenvalue weighted by Gasteiger charge is 2.18. The predicted molar refractivity (Wildman–Crippen MR) is 60.6 cm³/mol. The highest BCUT2D eigenvalue weighted by atomic mass is 16.3. The summed E-state index contributed by atoms with van der Waals surface area (Å²) in [4.78, 5) is 2.13. The summed E-state index contributed by atoms with van der Waals surface area (Å²) in [6.07, 6.45) is 0. The standard InChI is InChI=1S/C12H21NO2/c1-9(2)12(8-14)13(4)7-11-6-5-10(3)15-11/h5-6,9,12,14H,7-8H2,1-4H3. The van der Waals surface area contributed by atoms with Gasteiger partial charge < -0.3 is 9.52 Å². The van der Waals surface area contributed by atoms with E-state index in [1.807, 2.05) is 26.1 Å². The molecule has 1 aromatic heterocycles. The Morgan fingerprint density at radius 1 is 1.40 bits per heavy atom. The minimum Gasteiger partial charge on any atom is -0.465 e. The fourth-order valence-electron chi connectivity index (χ4n) is 1.79. The van der Waals surface area contributed by atoms with E-state index in [0.717, 1.165) is 18.1 Å². The van der Waals surface area contributed by atoms with Crippen molar-refractivity contribution in [1.29, 1.82) is 0 Å². The molecule has 1 unspecified atom stereocenters. The van der Waals surface area contributed by atoms with E-state index in [4.69, 9.17) is 4.42 Å². The monoisotopic (exact) mass is 211 g/mol. The van der Waals surface area contributed by atoms with Crippen molar-refractivity contribution in [3.63, 3.8) is 0 Å². The number of hydrogen-bond acceptors (Lipinski definition) is 3. The number of aryl methyl sites for hydroxylation is 1. The molecule has 1 N–H and O–H groups in total. The van der Waals surface area contributed by atoms with Gasteiger partial charge in [-0.3, -0.25) is 4.90 Å². The first kappa shape index (κ1) is 12.3. The highest BCUT2D eigenvalue weighted by molar-refractivity contribution is 5.05. The van der Waals surface area contributed by atoms with Gasteiger partial charge >= 0.3 is 0 Å². The Morgan fingerprint density at radius 3 is 2.47 bits per heavy atom. The average Bonchev–Trinajstić information content (AvgIpc) is 2.51. The molecule has 1 rings (SSSR count). The maximum Gasteiger partial charge on any atom is 0.118 e. The van der Waals surface area contributed by atoms with E-state index in [-0.39, 0.29) is 12.6 Å². The normalized spacial score (nSPS) is 13.8. The molecule has 0 aromatic carbocycles. The third kappa shape index (κ3) is 3.36. The van der Waals surface area contributed by atoms with Gasteiger partial charge in [-0.15, -0.1) is 0 Å². The maximum atomic E-state index is 9.28. The largest absolute Gasteiger partial charge is 0.465 e. The van der Waals surface area contributed by atoms with Crippen LogP contribution in [0.1, 0.15) is 25.4 Å². The zero-order chi connectivity index (χ0) is 11.4. The van der Waals surface area contributed by atoms with E-state index in [9.17, 15) is 5.11 Å². The molecule has 0 saturated heterocycles. The molecule has 3 nitrogen and oxygen atoms in total. The van der Waals surface area contributed by atoms with Gasteiger partial charge in [0.15, 0.2) is 0 Å². The molecule has 0 aliphatic rings. The lowest BCUT2D eigenvalue weighted by molar-refractivity contribution is 0.102. The van der Waals surface area contributed by atoms with Gasteiger partial charge in [-0.05, 0) is 32.0 Å². The van der Waals surface area contributed by atoms with Crippen LogP contribution in [0.5, 0.6) is 0 Å². The number of rotatable bonds is 5. The molecular weight excluding hydrogens is 190 g/mol. The molecular formula is C12H21NO2. The Labute approximate surface area is 91.7 Å². The van der Waals surface area contributed by atoms with Crippen molar-refractivity contribution < 1.29 is 9.52 Å². The maximum absolute atomic E-state index is 9.28. The van der Waals surface area contributed by atoms with Crippen LogP contribution in [0.3, 0.4) is 0 Å². The lowest BCUT2D eigenvalue weighted by Gasteiger charge is -2.28.